The Labute approximate surface area is 111 Å². The summed E-state index contributed by atoms with van der Waals surface area (Å²) < 4.78 is 26.1. The lowest BCUT2D eigenvalue weighted by molar-refractivity contribution is 0.0691. The lowest BCUT2D eigenvalue weighted by Gasteiger charge is -2.06. The number of aromatic nitrogens is 1. The van der Waals surface area contributed by atoms with E-state index in [4.69, 9.17) is 5.11 Å². The molecule has 2 aromatic rings. The Morgan fingerprint density at radius 3 is 2.55 bits per heavy atom. The van der Waals surface area contributed by atoms with Crippen LogP contribution in [-0.2, 0) is 0 Å². The van der Waals surface area contributed by atoms with Crippen LogP contribution in [0.5, 0.6) is 0 Å². The summed E-state index contributed by atoms with van der Waals surface area (Å²) in [6, 6.07) is 4.07. The molecule has 2 rings (SSSR count). The van der Waals surface area contributed by atoms with Gasteiger partial charge in [0.1, 0.15) is 11.6 Å². The average Bonchev–Trinajstić information content (AvgIpc) is 2.40. The molecule has 1 aromatic heterocycles. The third-order valence-electron chi connectivity index (χ3n) is 2.42. The number of nitrogens with one attached hydrogen (secondary N) is 1. The molecule has 1 amide bonds. The number of rotatable bonds is 3. The van der Waals surface area contributed by atoms with Gasteiger partial charge in [-0.2, -0.15) is 0 Å². The van der Waals surface area contributed by atoms with Crippen molar-refractivity contribution < 1.29 is 23.5 Å². The van der Waals surface area contributed by atoms with Gasteiger partial charge in [-0.25, -0.2) is 13.6 Å². The first-order chi connectivity index (χ1) is 9.47. The van der Waals surface area contributed by atoms with Crippen molar-refractivity contribution in [1.82, 2.24) is 4.98 Å². The zero-order chi connectivity index (χ0) is 14.7. The van der Waals surface area contributed by atoms with Crippen LogP contribution in [0.25, 0.3) is 0 Å². The molecule has 5 nitrogen and oxygen atoms in total. The van der Waals surface area contributed by atoms with E-state index in [1.807, 2.05) is 0 Å². The number of benzene rings is 1. The molecule has 0 saturated carbocycles. The van der Waals surface area contributed by atoms with E-state index in [1.165, 1.54) is 6.07 Å². The SMILES string of the molecule is O=C(Nc1ccc(F)c(C(=O)O)c1)c1cncc(F)c1. The Morgan fingerprint density at radius 1 is 1.15 bits per heavy atom. The van der Waals surface area contributed by atoms with E-state index in [0.717, 1.165) is 30.6 Å². The van der Waals surface area contributed by atoms with E-state index in [0.29, 0.717) is 0 Å². The van der Waals surface area contributed by atoms with Gasteiger partial charge in [-0.15, -0.1) is 0 Å². The Balaban J connectivity index is 2.24. The van der Waals surface area contributed by atoms with Crippen molar-refractivity contribution in [1.29, 1.82) is 0 Å². The number of hydrogen-bond acceptors (Lipinski definition) is 3. The van der Waals surface area contributed by atoms with Gasteiger partial charge in [-0.05, 0) is 24.3 Å². The minimum Gasteiger partial charge on any atom is -0.478 e. The van der Waals surface area contributed by atoms with Crippen LogP contribution < -0.4 is 5.32 Å². The summed E-state index contributed by atoms with van der Waals surface area (Å²) in [4.78, 5) is 26.1. The second-order valence-electron chi connectivity index (χ2n) is 3.85. The maximum Gasteiger partial charge on any atom is 0.338 e. The van der Waals surface area contributed by atoms with Crippen LogP contribution in [0.15, 0.2) is 36.7 Å². The highest BCUT2D eigenvalue weighted by Gasteiger charge is 2.13. The van der Waals surface area contributed by atoms with Gasteiger partial charge in [0.05, 0.1) is 17.3 Å². The van der Waals surface area contributed by atoms with Gasteiger partial charge >= 0.3 is 5.97 Å². The molecule has 0 aliphatic carbocycles. The number of hydrogen-bond donors (Lipinski definition) is 2. The van der Waals surface area contributed by atoms with E-state index < -0.39 is 29.1 Å². The maximum absolute atomic E-state index is 13.2. The molecule has 0 bridgehead atoms. The van der Waals surface area contributed by atoms with Crippen LogP contribution in [0.2, 0.25) is 0 Å². The number of anilines is 1. The Kier molecular flexibility index (Phi) is 3.69. The largest absolute Gasteiger partial charge is 0.478 e. The molecule has 0 aliphatic heterocycles. The van der Waals surface area contributed by atoms with E-state index >= 15 is 0 Å². The topological polar surface area (TPSA) is 79.3 Å². The monoisotopic (exact) mass is 278 g/mol. The molecule has 7 heteroatoms. The Morgan fingerprint density at radius 2 is 1.90 bits per heavy atom. The molecule has 20 heavy (non-hydrogen) atoms. The first-order valence-corrected chi connectivity index (χ1v) is 5.42. The number of carboxylic acid groups (broad SMARTS) is 1. The number of aromatic carboxylic acids is 1. The predicted molar refractivity (Wildman–Crippen MR) is 65.5 cm³/mol. The van der Waals surface area contributed by atoms with Crippen LogP contribution in [0.3, 0.4) is 0 Å². The van der Waals surface area contributed by atoms with Crippen molar-refractivity contribution in [3.8, 4) is 0 Å². The van der Waals surface area contributed by atoms with Crippen LogP contribution >= 0.6 is 0 Å². The molecule has 0 radical (unpaired) electrons. The van der Waals surface area contributed by atoms with E-state index in [-0.39, 0.29) is 11.3 Å². The van der Waals surface area contributed by atoms with Crippen molar-refractivity contribution in [3.05, 3.63) is 59.4 Å². The summed E-state index contributed by atoms with van der Waals surface area (Å²) in [5.74, 6) is -3.73. The molecule has 1 aromatic carbocycles. The van der Waals surface area contributed by atoms with E-state index in [2.05, 4.69) is 10.3 Å². The second kappa shape index (κ2) is 5.43. The molecule has 102 valence electrons. The summed E-state index contributed by atoms with van der Waals surface area (Å²) >= 11 is 0. The number of pyridine rings is 1. The molecule has 0 atom stereocenters. The van der Waals surface area contributed by atoms with Crippen molar-refractivity contribution >= 4 is 17.6 Å². The number of carboxylic acids is 1. The predicted octanol–water partition coefficient (Wildman–Crippen LogP) is 2.31. The van der Waals surface area contributed by atoms with Gasteiger partial charge in [-0.1, -0.05) is 0 Å². The summed E-state index contributed by atoms with van der Waals surface area (Å²) in [7, 11) is 0. The van der Waals surface area contributed by atoms with Crippen LogP contribution in [0.1, 0.15) is 20.7 Å². The standard InChI is InChI=1S/C13H8F2N2O3/c14-8-3-7(5-16-6-8)12(18)17-9-1-2-11(15)10(4-9)13(19)20/h1-6H,(H,17,18)(H,19,20). The minimum absolute atomic E-state index is 0.0359. The van der Waals surface area contributed by atoms with Crippen molar-refractivity contribution in [3.63, 3.8) is 0 Å². The highest BCUT2D eigenvalue weighted by Crippen LogP contribution is 2.16. The van der Waals surface area contributed by atoms with Crippen molar-refractivity contribution in [2.24, 2.45) is 0 Å². The third kappa shape index (κ3) is 2.94. The van der Waals surface area contributed by atoms with Gasteiger partial charge in [0.2, 0.25) is 0 Å². The van der Waals surface area contributed by atoms with Gasteiger partial charge in [-0.3, -0.25) is 9.78 Å². The van der Waals surface area contributed by atoms with Crippen molar-refractivity contribution in [2.45, 2.75) is 0 Å². The van der Waals surface area contributed by atoms with E-state index in [1.54, 1.807) is 0 Å². The molecule has 1 heterocycles. The minimum atomic E-state index is -1.45. The highest BCUT2D eigenvalue weighted by atomic mass is 19.1. The molecular weight excluding hydrogens is 270 g/mol. The maximum atomic E-state index is 13.2. The summed E-state index contributed by atoms with van der Waals surface area (Å²) in [5.41, 5.74) is -0.524. The normalized spacial score (nSPS) is 10.1. The number of amides is 1. The van der Waals surface area contributed by atoms with Gasteiger partial charge < -0.3 is 10.4 Å². The molecule has 0 unspecified atom stereocenters. The van der Waals surface area contributed by atoms with Crippen molar-refractivity contribution in [2.75, 3.05) is 5.32 Å². The summed E-state index contributed by atoms with van der Waals surface area (Å²) in [5, 5.41) is 11.1. The lowest BCUT2D eigenvalue weighted by atomic mass is 10.2. The number of nitrogens with zero attached hydrogens (tertiary/aromatic N) is 1. The smallest absolute Gasteiger partial charge is 0.338 e. The van der Waals surface area contributed by atoms with Gasteiger partial charge in [0.25, 0.3) is 5.91 Å². The quantitative estimate of drug-likeness (QED) is 0.903. The Bertz CT molecular complexity index is 689. The second-order valence-corrected chi connectivity index (χ2v) is 3.85. The first kappa shape index (κ1) is 13.6. The first-order valence-electron chi connectivity index (χ1n) is 5.42. The number of carbonyl (C=O) groups excluding carboxylic acids is 1. The van der Waals surface area contributed by atoms with Crippen LogP contribution in [0, 0.1) is 11.6 Å². The fourth-order valence-corrected chi connectivity index (χ4v) is 1.51. The molecule has 0 spiro atoms. The van der Waals surface area contributed by atoms with Crippen LogP contribution in [-0.4, -0.2) is 22.0 Å². The van der Waals surface area contributed by atoms with Crippen LogP contribution in [0.4, 0.5) is 14.5 Å². The molecule has 2 N–H and O–H groups in total. The Hall–Kier alpha value is -2.83. The summed E-state index contributed by atoms with van der Waals surface area (Å²) in [6.45, 7) is 0. The van der Waals surface area contributed by atoms with E-state index in [9.17, 15) is 18.4 Å². The zero-order valence-electron chi connectivity index (χ0n) is 9.93. The molecule has 0 saturated heterocycles. The number of carbonyl (C=O) groups is 2. The third-order valence-corrected chi connectivity index (χ3v) is 2.42. The molecule has 0 aliphatic rings. The molecule has 0 fully saturated rings. The fraction of sp³-hybridized carbons (Fsp3) is 0. The summed E-state index contributed by atoms with van der Waals surface area (Å²) in [6.07, 6.45) is 2.09. The lowest BCUT2D eigenvalue weighted by Crippen LogP contribution is -2.13. The van der Waals surface area contributed by atoms with Gasteiger partial charge in [0.15, 0.2) is 0 Å². The highest BCUT2D eigenvalue weighted by molar-refractivity contribution is 6.04. The fourth-order valence-electron chi connectivity index (χ4n) is 1.51. The molecular formula is C13H8F2N2O3. The van der Waals surface area contributed by atoms with Gasteiger partial charge in [0, 0.05) is 11.9 Å². The average molecular weight is 278 g/mol. The number of halogens is 2. The zero-order valence-corrected chi connectivity index (χ0v) is 9.93.